The molecule has 1 aromatic heterocycles. The van der Waals surface area contributed by atoms with Crippen molar-refractivity contribution in [2.24, 2.45) is 0 Å². The molecule has 2 aliphatic heterocycles. The van der Waals surface area contributed by atoms with Crippen LogP contribution in [0.2, 0.25) is 0 Å². The smallest absolute Gasteiger partial charge is 0.410 e. The molecule has 7 nitrogen and oxygen atoms in total. The number of H-pyrrole nitrogens is 1. The lowest BCUT2D eigenvalue weighted by molar-refractivity contribution is 0.0797. The van der Waals surface area contributed by atoms with Gasteiger partial charge in [0.2, 0.25) is 0 Å². The normalized spacial score (nSPS) is 25.2. The molecule has 4 rings (SSSR count). The van der Waals surface area contributed by atoms with Gasteiger partial charge in [0.15, 0.2) is 0 Å². The van der Waals surface area contributed by atoms with E-state index in [1.807, 2.05) is 30.4 Å². The molecule has 2 aliphatic rings. The third-order valence-corrected chi connectivity index (χ3v) is 4.87. The largest absolute Gasteiger partial charge is 0.453 e. The highest BCUT2D eigenvalue weighted by molar-refractivity contribution is 5.74. The second-order valence-corrected chi connectivity index (χ2v) is 6.17. The van der Waals surface area contributed by atoms with Crippen LogP contribution in [0, 0.1) is 0 Å². The number of piperidine rings is 1. The standard InChI is InChI=1S/C17H17N3O4/c1-24-17(23)19-10-6-7-11(19)9-12(8-10)20-14-5-3-2-4-13(14)18-15(21)16(20)22/h2-7,10-12H,8-9H2,1H3,(H,18,21). The summed E-state index contributed by atoms with van der Waals surface area (Å²) in [7, 11) is 1.36. The van der Waals surface area contributed by atoms with Crippen LogP contribution < -0.4 is 11.1 Å². The van der Waals surface area contributed by atoms with Crippen LogP contribution in [-0.2, 0) is 4.74 Å². The lowest BCUT2D eigenvalue weighted by atomic mass is 9.96. The van der Waals surface area contributed by atoms with Crippen LogP contribution in [0.25, 0.3) is 11.0 Å². The summed E-state index contributed by atoms with van der Waals surface area (Å²) >= 11 is 0. The zero-order chi connectivity index (χ0) is 16.8. The number of fused-ring (bicyclic) bond motifs is 3. The maximum absolute atomic E-state index is 12.5. The first-order valence-electron chi connectivity index (χ1n) is 7.88. The highest BCUT2D eigenvalue weighted by Gasteiger charge is 2.41. The van der Waals surface area contributed by atoms with Gasteiger partial charge in [-0.3, -0.25) is 19.1 Å². The van der Waals surface area contributed by atoms with E-state index in [1.165, 1.54) is 7.11 Å². The molecule has 0 saturated carbocycles. The first-order valence-corrected chi connectivity index (χ1v) is 7.88. The molecule has 124 valence electrons. The van der Waals surface area contributed by atoms with Gasteiger partial charge in [-0.15, -0.1) is 0 Å². The number of para-hydroxylation sites is 2. The van der Waals surface area contributed by atoms with Gasteiger partial charge in [0.05, 0.1) is 30.2 Å². The Morgan fingerprint density at radius 1 is 1.17 bits per heavy atom. The van der Waals surface area contributed by atoms with Crippen molar-refractivity contribution >= 4 is 17.1 Å². The first kappa shape index (κ1) is 14.7. The van der Waals surface area contributed by atoms with E-state index in [-0.39, 0.29) is 24.2 Å². The number of rotatable bonds is 1. The zero-order valence-corrected chi connectivity index (χ0v) is 13.1. The fourth-order valence-corrected chi connectivity index (χ4v) is 3.86. The van der Waals surface area contributed by atoms with E-state index in [0.29, 0.717) is 23.9 Å². The van der Waals surface area contributed by atoms with E-state index in [9.17, 15) is 14.4 Å². The Balaban J connectivity index is 1.79. The topological polar surface area (TPSA) is 84.4 Å². The summed E-state index contributed by atoms with van der Waals surface area (Å²) in [6.07, 6.45) is 4.74. The Labute approximate surface area is 137 Å². The summed E-state index contributed by atoms with van der Waals surface area (Å²) in [5.41, 5.74) is 0.171. The molecule has 24 heavy (non-hydrogen) atoms. The van der Waals surface area contributed by atoms with Gasteiger partial charge in [0, 0.05) is 6.04 Å². The molecule has 1 amide bonds. The van der Waals surface area contributed by atoms with Crippen LogP contribution >= 0.6 is 0 Å². The minimum atomic E-state index is -0.621. The highest BCUT2D eigenvalue weighted by Crippen LogP contribution is 2.37. The number of benzene rings is 1. The number of nitrogens with one attached hydrogen (secondary N) is 1. The number of carbonyl (C=O) groups is 1. The first-order chi connectivity index (χ1) is 11.6. The van der Waals surface area contributed by atoms with E-state index in [1.54, 1.807) is 15.5 Å². The summed E-state index contributed by atoms with van der Waals surface area (Å²) in [5.74, 6) is 0. The number of carbonyl (C=O) groups excluding carboxylic acids is 1. The van der Waals surface area contributed by atoms with Crippen molar-refractivity contribution in [2.75, 3.05) is 7.11 Å². The van der Waals surface area contributed by atoms with Crippen LogP contribution in [0.1, 0.15) is 18.9 Å². The Kier molecular flexibility index (Phi) is 3.30. The molecule has 2 aromatic rings. The van der Waals surface area contributed by atoms with Crippen molar-refractivity contribution in [1.29, 1.82) is 0 Å². The predicted octanol–water partition coefficient (Wildman–Crippen LogP) is 1.40. The van der Waals surface area contributed by atoms with Crippen molar-refractivity contribution < 1.29 is 9.53 Å². The van der Waals surface area contributed by atoms with Crippen molar-refractivity contribution in [3.63, 3.8) is 0 Å². The summed E-state index contributed by atoms with van der Waals surface area (Å²) in [6.45, 7) is 0. The number of nitrogens with zero attached hydrogens (tertiary/aromatic N) is 2. The molecular formula is C17H17N3O4. The van der Waals surface area contributed by atoms with Gasteiger partial charge >= 0.3 is 17.2 Å². The molecule has 2 bridgehead atoms. The van der Waals surface area contributed by atoms with Gasteiger partial charge in [-0.05, 0) is 25.0 Å². The van der Waals surface area contributed by atoms with Gasteiger partial charge in [-0.1, -0.05) is 24.3 Å². The summed E-state index contributed by atoms with van der Waals surface area (Å²) in [6, 6.07) is 6.89. The van der Waals surface area contributed by atoms with Crippen LogP contribution in [0.4, 0.5) is 4.79 Å². The van der Waals surface area contributed by atoms with Crippen LogP contribution in [0.5, 0.6) is 0 Å². The maximum atomic E-state index is 12.5. The van der Waals surface area contributed by atoms with Crippen molar-refractivity contribution in [3.8, 4) is 0 Å². The van der Waals surface area contributed by atoms with Crippen LogP contribution in [-0.4, -0.2) is 39.7 Å². The van der Waals surface area contributed by atoms with Gasteiger partial charge in [-0.2, -0.15) is 0 Å². The summed E-state index contributed by atoms with van der Waals surface area (Å²) in [5, 5.41) is 0. The maximum Gasteiger partial charge on any atom is 0.410 e. The number of amides is 1. The second kappa shape index (κ2) is 5.36. The molecular weight excluding hydrogens is 310 g/mol. The fourth-order valence-electron chi connectivity index (χ4n) is 3.86. The summed E-state index contributed by atoms with van der Waals surface area (Å²) in [4.78, 5) is 40.7. The molecule has 7 heteroatoms. The second-order valence-electron chi connectivity index (χ2n) is 6.17. The predicted molar refractivity (Wildman–Crippen MR) is 88.1 cm³/mol. The molecule has 1 saturated heterocycles. The average molecular weight is 327 g/mol. The third-order valence-electron chi connectivity index (χ3n) is 4.87. The lowest BCUT2D eigenvalue weighted by Gasteiger charge is -2.38. The number of aromatic amines is 1. The zero-order valence-electron chi connectivity index (χ0n) is 13.1. The molecule has 2 unspecified atom stereocenters. The van der Waals surface area contributed by atoms with Crippen LogP contribution in [0.15, 0.2) is 46.0 Å². The number of hydrogen-bond acceptors (Lipinski definition) is 4. The molecule has 1 fully saturated rings. The third kappa shape index (κ3) is 2.08. The Bertz CT molecular complexity index is 942. The SMILES string of the molecule is COC(=O)N1C2C=CC1CC(n1c(=O)c(=O)[nH]c3ccccc31)C2. The minimum Gasteiger partial charge on any atom is -0.453 e. The quantitative estimate of drug-likeness (QED) is 0.634. The molecule has 1 N–H and O–H groups in total. The van der Waals surface area contributed by atoms with Gasteiger partial charge in [-0.25, -0.2) is 4.79 Å². The number of ether oxygens (including phenoxy) is 1. The van der Waals surface area contributed by atoms with E-state index in [4.69, 9.17) is 4.74 Å². The van der Waals surface area contributed by atoms with Gasteiger partial charge < -0.3 is 9.72 Å². The van der Waals surface area contributed by atoms with Crippen molar-refractivity contribution in [3.05, 3.63) is 57.1 Å². The molecule has 1 aromatic carbocycles. The van der Waals surface area contributed by atoms with E-state index >= 15 is 0 Å². The van der Waals surface area contributed by atoms with Gasteiger partial charge in [0.1, 0.15) is 0 Å². The number of hydrogen-bond donors (Lipinski definition) is 1. The van der Waals surface area contributed by atoms with Crippen LogP contribution in [0.3, 0.4) is 0 Å². The van der Waals surface area contributed by atoms with E-state index < -0.39 is 11.1 Å². The fraction of sp³-hybridized carbons (Fsp3) is 0.353. The molecule has 0 aliphatic carbocycles. The van der Waals surface area contributed by atoms with Gasteiger partial charge in [0.25, 0.3) is 0 Å². The van der Waals surface area contributed by atoms with Crippen molar-refractivity contribution in [1.82, 2.24) is 14.5 Å². The molecule has 3 heterocycles. The number of methoxy groups -OCH3 is 1. The van der Waals surface area contributed by atoms with E-state index in [0.717, 1.165) is 0 Å². The highest BCUT2D eigenvalue weighted by atomic mass is 16.5. The molecule has 0 radical (unpaired) electrons. The Hall–Kier alpha value is -2.83. The minimum absolute atomic E-state index is 0.119. The molecule has 2 atom stereocenters. The average Bonchev–Trinajstić information content (AvgIpc) is 2.85. The monoisotopic (exact) mass is 327 g/mol. The lowest BCUT2D eigenvalue weighted by Crippen LogP contribution is -2.50. The molecule has 0 spiro atoms. The van der Waals surface area contributed by atoms with E-state index in [2.05, 4.69) is 4.98 Å². The Morgan fingerprint density at radius 3 is 2.50 bits per heavy atom. The number of aromatic nitrogens is 2. The Morgan fingerprint density at radius 2 is 1.83 bits per heavy atom. The summed E-state index contributed by atoms with van der Waals surface area (Å²) < 4.78 is 6.43. The van der Waals surface area contributed by atoms with Crippen molar-refractivity contribution in [2.45, 2.75) is 31.0 Å².